The van der Waals surface area contributed by atoms with Crippen molar-refractivity contribution in [1.82, 2.24) is 15.1 Å². The molecule has 0 spiro atoms. The maximum absolute atomic E-state index is 10.1. The summed E-state index contributed by atoms with van der Waals surface area (Å²) in [6.07, 6.45) is 1.76. The van der Waals surface area contributed by atoms with Crippen molar-refractivity contribution in [1.29, 1.82) is 0 Å². The van der Waals surface area contributed by atoms with E-state index in [0.29, 0.717) is 17.3 Å². The number of nitrogens with two attached hydrogens (primary N) is 1. The molecule has 0 aliphatic heterocycles. The first-order chi connectivity index (χ1) is 8.29. The number of rotatable bonds is 2. The van der Waals surface area contributed by atoms with E-state index < -0.39 is 0 Å². The Kier molecular flexibility index (Phi) is 2.09. The van der Waals surface area contributed by atoms with E-state index in [1.807, 2.05) is 6.07 Å². The van der Waals surface area contributed by atoms with E-state index in [2.05, 4.69) is 15.1 Å². The normalized spacial score (nSPS) is 11.1. The van der Waals surface area contributed by atoms with Crippen LogP contribution >= 0.6 is 0 Å². The minimum absolute atomic E-state index is 0.133. The van der Waals surface area contributed by atoms with Gasteiger partial charge < -0.3 is 20.3 Å². The molecular weight excluding hydrogens is 220 g/mol. The molecule has 2 aromatic heterocycles. The zero-order valence-corrected chi connectivity index (χ0v) is 8.84. The Balaban J connectivity index is 2.19. The molecule has 2 heterocycles. The van der Waals surface area contributed by atoms with Crippen LogP contribution in [0.1, 0.15) is 5.89 Å². The summed E-state index contributed by atoms with van der Waals surface area (Å²) >= 11 is 0. The van der Waals surface area contributed by atoms with Gasteiger partial charge in [-0.05, 0) is 18.2 Å². The van der Waals surface area contributed by atoms with Gasteiger partial charge in [0.1, 0.15) is 5.75 Å². The van der Waals surface area contributed by atoms with Gasteiger partial charge >= 0.3 is 0 Å². The Morgan fingerprint density at radius 3 is 3.00 bits per heavy atom. The number of aromatic hydroxyl groups is 1. The maximum Gasteiger partial charge on any atom is 0.240 e. The Labute approximate surface area is 96.1 Å². The summed E-state index contributed by atoms with van der Waals surface area (Å²) < 4.78 is 4.91. The van der Waals surface area contributed by atoms with Crippen LogP contribution in [0.25, 0.3) is 22.3 Å². The SMILES string of the molecule is NCc1nc(-c2ccc3[nH]ccc3c2O)no1. The van der Waals surface area contributed by atoms with E-state index in [-0.39, 0.29) is 12.3 Å². The van der Waals surface area contributed by atoms with Crippen molar-refractivity contribution >= 4 is 10.9 Å². The summed E-state index contributed by atoms with van der Waals surface area (Å²) in [5.74, 6) is 0.813. The van der Waals surface area contributed by atoms with E-state index in [9.17, 15) is 5.11 Å². The number of fused-ring (bicyclic) bond motifs is 1. The number of hydrogen-bond acceptors (Lipinski definition) is 5. The summed E-state index contributed by atoms with van der Waals surface area (Å²) in [6, 6.07) is 5.38. The second-order valence-electron chi connectivity index (χ2n) is 3.62. The van der Waals surface area contributed by atoms with Crippen molar-refractivity contribution in [2.45, 2.75) is 6.54 Å². The molecule has 0 unspecified atom stereocenters. The van der Waals surface area contributed by atoms with Crippen molar-refractivity contribution in [3.8, 4) is 17.1 Å². The molecule has 0 radical (unpaired) electrons. The van der Waals surface area contributed by atoms with Gasteiger partial charge in [0.15, 0.2) is 0 Å². The van der Waals surface area contributed by atoms with Crippen molar-refractivity contribution < 1.29 is 9.63 Å². The smallest absolute Gasteiger partial charge is 0.240 e. The second-order valence-corrected chi connectivity index (χ2v) is 3.62. The fraction of sp³-hybridized carbons (Fsp3) is 0.0909. The van der Waals surface area contributed by atoms with Crippen LogP contribution in [0.2, 0.25) is 0 Å². The lowest BCUT2D eigenvalue weighted by Gasteiger charge is -2.00. The quantitative estimate of drug-likeness (QED) is 0.617. The lowest BCUT2D eigenvalue weighted by molar-refractivity contribution is 0.380. The second kappa shape index (κ2) is 3.60. The molecule has 0 atom stereocenters. The first-order valence-electron chi connectivity index (χ1n) is 5.11. The highest BCUT2D eigenvalue weighted by Crippen LogP contribution is 2.33. The molecule has 0 bridgehead atoms. The Morgan fingerprint density at radius 2 is 2.24 bits per heavy atom. The first-order valence-corrected chi connectivity index (χ1v) is 5.11. The molecule has 0 saturated carbocycles. The van der Waals surface area contributed by atoms with Crippen LogP contribution in [0.4, 0.5) is 0 Å². The van der Waals surface area contributed by atoms with Crippen molar-refractivity contribution in [3.05, 3.63) is 30.3 Å². The monoisotopic (exact) mass is 230 g/mol. The van der Waals surface area contributed by atoms with Gasteiger partial charge in [-0.1, -0.05) is 5.16 Å². The van der Waals surface area contributed by atoms with Gasteiger partial charge in [0.05, 0.1) is 12.1 Å². The van der Waals surface area contributed by atoms with Crippen LogP contribution in [0.15, 0.2) is 28.9 Å². The zero-order valence-electron chi connectivity index (χ0n) is 8.84. The predicted molar refractivity (Wildman–Crippen MR) is 61.1 cm³/mol. The third-order valence-corrected chi connectivity index (χ3v) is 2.59. The number of hydrogen-bond donors (Lipinski definition) is 3. The number of nitrogens with one attached hydrogen (secondary N) is 1. The molecule has 0 amide bonds. The van der Waals surface area contributed by atoms with Gasteiger partial charge in [-0.3, -0.25) is 0 Å². The number of H-pyrrole nitrogens is 1. The van der Waals surface area contributed by atoms with E-state index in [1.54, 1.807) is 18.3 Å². The summed E-state index contributed by atoms with van der Waals surface area (Å²) in [4.78, 5) is 7.09. The highest BCUT2D eigenvalue weighted by molar-refractivity contribution is 5.91. The number of nitrogens with zero attached hydrogens (tertiary/aromatic N) is 2. The summed E-state index contributed by atoms with van der Waals surface area (Å²) in [6.45, 7) is 0.181. The molecule has 3 rings (SSSR count). The number of phenols is 1. The minimum atomic E-state index is 0.133. The number of phenolic OH excluding ortho intramolecular Hbond substituents is 1. The summed E-state index contributed by atoms with van der Waals surface area (Å²) in [7, 11) is 0. The molecule has 0 fully saturated rings. The van der Waals surface area contributed by atoms with E-state index in [0.717, 1.165) is 10.9 Å². The molecule has 86 valence electrons. The molecule has 0 aliphatic carbocycles. The molecule has 1 aromatic carbocycles. The van der Waals surface area contributed by atoms with Crippen LogP contribution in [0.3, 0.4) is 0 Å². The third kappa shape index (κ3) is 1.46. The molecule has 0 saturated heterocycles. The van der Waals surface area contributed by atoms with Gasteiger partial charge in [-0.2, -0.15) is 4.98 Å². The first kappa shape index (κ1) is 9.86. The average molecular weight is 230 g/mol. The fourth-order valence-corrected chi connectivity index (χ4v) is 1.74. The highest BCUT2D eigenvalue weighted by atomic mass is 16.5. The molecule has 6 heteroatoms. The predicted octanol–water partition coefficient (Wildman–Crippen LogP) is 1.38. The van der Waals surface area contributed by atoms with Crippen LogP contribution in [-0.4, -0.2) is 20.2 Å². The third-order valence-electron chi connectivity index (χ3n) is 2.59. The maximum atomic E-state index is 10.1. The van der Waals surface area contributed by atoms with Crippen LogP contribution in [0, 0.1) is 0 Å². The lowest BCUT2D eigenvalue weighted by atomic mass is 10.1. The van der Waals surface area contributed by atoms with Crippen LogP contribution < -0.4 is 5.73 Å². The van der Waals surface area contributed by atoms with Gasteiger partial charge in [0, 0.05) is 17.1 Å². The standard InChI is InChI=1S/C11H10N4O2/c12-5-9-14-11(15-17-9)7-1-2-8-6(10(7)16)3-4-13-8/h1-4,13,16H,5,12H2. The average Bonchev–Trinajstić information content (AvgIpc) is 2.97. The van der Waals surface area contributed by atoms with Crippen molar-refractivity contribution in [2.24, 2.45) is 5.73 Å². The van der Waals surface area contributed by atoms with Crippen molar-refractivity contribution in [3.63, 3.8) is 0 Å². The van der Waals surface area contributed by atoms with E-state index in [1.165, 1.54) is 0 Å². The molecule has 0 aliphatic rings. The summed E-state index contributed by atoms with van der Waals surface area (Å²) in [5, 5.41) is 14.6. The lowest BCUT2D eigenvalue weighted by Crippen LogP contribution is -1.95. The topological polar surface area (TPSA) is 101 Å². The minimum Gasteiger partial charge on any atom is -0.506 e. The van der Waals surface area contributed by atoms with Crippen LogP contribution in [0.5, 0.6) is 5.75 Å². The summed E-state index contributed by atoms with van der Waals surface area (Å²) in [5.41, 5.74) is 6.77. The number of benzene rings is 1. The van der Waals surface area contributed by atoms with E-state index >= 15 is 0 Å². The Morgan fingerprint density at radius 1 is 1.35 bits per heavy atom. The Bertz CT molecular complexity index is 671. The van der Waals surface area contributed by atoms with Gasteiger partial charge in [-0.25, -0.2) is 0 Å². The number of aromatic amines is 1. The van der Waals surface area contributed by atoms with Crippen LogP contribution in [-0.2, 0) is 6.54 Å². The molecular formula is C11H10N4O2. The van der Waals surface area contributed by atoms with Gasteiger partial charge in [0.2, 0.25) is 11.7 Å². The molecule has 3 aromatic rings. The van der Waals surface area contributed by atoms with Crippen molar-refractivity contribution in [2.75, 3.05) is 0 Å². The molecule has 4 N–H and O–H groups in total. The van der Waals surface area contributed by atoms with Gasteiger partial charge in [-0.15, -0.1) is 0 Å². The highest BCUT2D eigenvalue weighted by Gasteiger charge is 2.14. The fourth-order valence-electron chi connectivity index (χ4n) is 1.74. The van der Waals surface area contributed by atoms with E-state index in [4.69, 9.17) is 10.3 Å². The molecule has 17 heavy (non-hydrogen) atoms. The molecule has 6 nitrogen and oxygen atoms in total. The number of aromatic nitrogens is 3. The van der Waals surface area contributed by atoms with Gasteiger partial charge in [0.25, 0.3) is 0 Å². The largest absolute Gasteiger partial charge is 0.506 e. The zero-order chi connectivity index (χ0) is 11.8. The Hall–Kier alpha value is -2.34.